The maximum atomic E-state index is 11.3. The summed E-state index contributed by atoms with van der Waals surface area (Å²) in [7, 11) is 2.01. The molecule has 0 fully saturated rings. The van der Waals surface area contributed by atoms with Gasteiger partial charge in [0.15, 0.2) is 0 Å². The van der Waals surface area contributed by atoms with E-state index in [0.29, 0.717) is 13.0 Å². The molecule has 1 heterocycles. The van der Waals surface area contributed by atoms with Crippen LogP contribution in [0, 0.1) is 0 Å². The normalized spacial score (nSPS) is 12.5. The zero-order chi connectivity index (χ0) is 19.8. The predicted molar refractivity (Wildman–Crippen MR) is 112 cm³/mol. The Morgan fingerprint density at radius 1 is 1.11 bits per heavy atom. The molecule has 0 radical (unpaired) electrons. The van der Waals surface area contributed by atoms with Gasteiger partial charge in [0.1, 0.15) is 0 Å². The summed E-state index contributed by atoms with van der Waals surface area (Å²) in [6.45, 7) is 2.24. The monoisotopic (exact) mass is 380 g/mol. The molecule has 3 rings (SSSR count). The van der Waals surface area contributed by atoms with Crippen molar-refractivity contribution in [2.24, 2.45) is 0 Å². The first kappa shape index (κ1) is 20.1. The van der Waals surface area contributed by atoms with Crippen LogP contribution in [-0.4, -0.2) is 47.2 Å². The molecule has 0 aliphatic rings. The lowest BCUT2D eigenvalue weighted by atomic mass is 10.0. The van der Waals surface area contributed by atoms with Gasteiger partial charge in [-0.15, -0.1) is 0 Å². The van der Waals surface area contributed by atoms with Gasteiger partial charge in [-0.3, -0.25) is 10.2 Å². The molecule has 28 heavy (non-hydrogen) atoms. The highest BCUT2D eigenvalue weighted by molar-refractivity contribution is 5.83. The molecule has 1 atom stereocenters. The molecule has 0 spiro atoms. The van der Waals surface area contributed by atoms with E-state index in [1.165, 1.54) is 5.56 Å². The summed E-state index contributed by atoms with van der Waals surface area (Å²) >= 11 is 0. The third-order valence-electron chi connectivity index (χ3n) is 4.76. The van der Waals surface area contributed by atoms with Crippen LogP contribution in [0.5, 0.6) is 0 Å². The molecule has 0 aliphatic heterocycles. The zero-order valence-electron chi connectivity index (χ0n) is 16.2. The Hall–Kier alpha value is -2.67. The summed E-state index contributed by atoms with van der Waals surface area (Å²) < 4.78 is 0. The van der Waals surface area contributed by atoms with Crippen LogP contribution in [0.1, 0.15) is 17.5 Å². The standard InChI is InChI=1S/C22H28N4O2/c1-26(16-17-7-3-2-4-8-17)25-12-11-23-19(14-22(27)28)13-18-15-24-21-10-6-5-9-20(18)21/h2-10,15,19,23-25H,11-14,16H2,1H3,(H,27,28)/t19-/m0/s1. The number of nitrogens with zero attached hydrogens (tertiary/aromatic N) is 1. The molecule has 6 nitrogen and oxygen atoms in total. The Kier molecular flexibility index (Phi) is 7.19. The predicted octanol–water partition coefficient (Wildman–Crippen LogP) is 2.78. The lowest BCUT2D eigenvalue weighted by molar-refractivity contribution is -0.137. The van der Waals surface area contributed by atoms with Gasteiger partial charge in [0.25, 0.3) is 0 Å². The van der Waals surface area contributed by atoms with Crippen molar-refractivity contribution in [1.29, 1.82) is 0 Å². The number of benzene rings is 2. The van der Waals surface area contributed by atoms with Gasteiger partial charge in [-0.05, 0) is 23.6 Å². The van der Waals surface area contributed by atoms with Crippen LogP contribution in [-0.2, 0) is 17.8 Å². The van der Waals surface area contributed by atoms with E-state index in [9.17, 15) is 9.90 Å². The number of fused-ring (bicyclic) bond motifs is 1. The lowest BCUT2D eigenvalue weighted by Gasteiger charge is -2.21. The Morgan fingerprint density at radius 2 is 1.86 bits per heavy atom. The highest BCUT2D eigenvalue weighted by atomic mass is 16.4. The zero-order valence-corrected chi connectivity index (χ0v) is 16.2. The number of para-hydroxylation sites is 1. The van der Waals surface area contributed by atoms with Gasteiger partial charge >= 0.3 is 5.97 Å². The number of rotatable bonds is 11. The van der Waals surface area contributed by atoms with Crippen LogP contribution < -0.4 is 10.7 Å². The molecule has 0 saturated carbocycles. The molecular formula is C22H28N4O2. The van der Waals surface area contributed by atoms with E-state index in [4.69, 9.17) is 0 Å². The van der Waals surface area contributed by atoms with Crippen molar-refractivity contribution in [3.8, 4) is 0 Å². The van der Waals surface area contributed by atoms with Gasteiger partial charge in [0.2, 0.25) is 0 Å². The Labute approximate surface area is 165 Å². The Morgan fingerprint density at radius 3 is 2.64 bits per heavy atom. The van der Waals surface area contributed by atoms with Gasteiger partial charge in [-0.25, -0.2) is 5.01 Å². The smallest absolute Gasteiger partial charge is 0.304 e. The third kappa shape index (κ3) is 5.92. The van der Waals surface area contributed by atoms with Gasteiger partial charge < -0.3 is 15.4 Å². The van der Waals surface area contributed by atoms with Crippen LogP contribution in [0.15, 0.2) is 60.8 Å². The molecule has 0 unspecified atom stereocenters. The van der Waals surface area contributed by atoms with Crippen LogP contribution in [0.4, 0.5) is 0 Å². The fraction of sp³-hybridized carbons (Fsp3) is 0.318. The minimum Gasteiger partial charge on any atom is -0.481 e. The van der Waals surface area contributed by atoms with E-state index >= 15 is 0 Å². The molecule has 0 amide bonds. The van der Waals surface area contributed by atoms with Crippen LogP contribution in [0.2, 0.25) is 0 Å². The average Bonchev–Trinajstić information content (AvgIpc) is 3.08. The summed E-state index contributed by atoms with van der Waals surface area (Å²) in [6.07, 6.45) is 2.75. The number of aliphatic carboxylic acids is 1. The van der Waals surface area contributed by atoms with Gasteiger partial charge in [0.05, 0.1) is 6.42 Å². The summed E-state index contributed by atoms with van der Waals surface area (Å²) in [4.78, 5) is 14.5. The molecular weight excluding hydrogens is 352 g/mol. The van der Waals surface area contributed by atoms with Crippen molar-refractivity contribution >= 4 is 16.9 Å². The van der Waals surface area contributed by atoms with Crippen LogP contribution in [0.3, 0.4) is 0 Å². The van der Waals surface area contributed by atoms with E-state index in [0.717, 1.165) is 29.6 Å². The first-order valence-electron chi connectivity index (χ1n) is 9.60. The number of aromatic nitrogens is 1. The molecule has 0 aliphatic carbocycles. The first-order chi connectivity index (χ1) is 13.6. The number of carbonyl (C=O) groups is 1. The lowest BCUT2D eigenvalue weighted by Crippen LogP contribution is -2.42. The molecule has 1 aromatic heterocycles. The fourth-order valence-electron chi connectivity index (χ4n) is 3.43. The van der Waals surface area contributed by atoms with E-state index in [1.807, 2.05) is 54.7 Å². The molecule has 3 aromatic rings. The van der Waals surface area contributed by atoms with Crippen molar-refractivity contribution in [2.45, 2.75) is 25.4 Å². The number of hydrogen-bond donors (Lipinski definition) is 4. The highest BCUT2D eigenvalue weighted by Crippen LogP contribution is 2.19. The SMILES string of the molecule is CN(Cc1ccccc1)NCCN[C@H](CC(=O)O)Cc1c[nH]c2ccccc12. The number of carboxylic acid groups (broad SMARTS) is 1. The van der Waals surface area contributed by atoms with Crippen molar-refractivity contribution in [3.05, 3.63) is 71.9 Å². The maximum Gasteiger partial charge on any atom is 0.304 e. The van der Waals surface area contributed by atoms with E-state index in [-0.39, 0.29) is 12.5 Å². The molecule has 0 saturated heterocycles. The molecule has 148 valence electrons. The van der Waals surface area contributed by atoms with E-state index in [1.54, 1.807) is 0 Å². The number of hydrazine groups is 1. The minimum absolute atomic E-state index is 0.0966. The number of nitrogens with one attached hydrogen (secondary N) is 3. The molecule has 2 aromatic carbocycles. The number of aromatic amines is 1. The second kappa shape index (κ2) is 10.0. The van der Waals surface area contributed by atoms with Crippen LogP contribution in [0.25, 0.3) is 10.9 Å². The summed E-state index contributed by atoms with van der Waals surface area (Å²) in [5.41, 5.74) is 6.81. The topological polar surface area (TPSA) is 80.4 Å². The van der Waals surface area contributed by atoms with Gasteiger partial charge in [-0.1, -0.05) is 48.5 Å². The van der Waals surface area contributed by atoms with Gasteiger partial charge in [-0.2, -0.15) is 0 Å². The molecule has 4 N–H and O–H groups in total. The fourth-order valence-corrected chi connectivity index (χ4v) is 3.43. The third-order valence-corrected chi connectivity index (χ3v) is 4.76. The molecule has 6 heteroatoms. The minimum atomic E-state index is -0.786. The second-order valence-electron chi connectivity index (χ2n) is 7.06. The van der Waals surface area contributed by atoms with Crippen LogP contribution >= 0.6 is 0 Å². The maximum absolute atomic E-state index is 11.3. The summed E-state index contributed by atoms with van der Waals surface area (Å²) in [5, 5.41) is 15.9. The Bertz CT molecular complexity index is 878. The molecule has 0 bridgehead atoms. The largest absolute Gasteiger partial charge is 0.481 e. The summed E-state index contributed by atoms with van der Waals surface area (Å²) in [5.74, 6) is -0.786. The van der Waals surface area contributed by atoms with Gasteiger partial charge in [0, 0.05) is 49.8 Å². The van der Waals surface area contributed by atoms with Crippen molar-refractivity contribution < 1.29 is 9.90 Å². The van der Waals surface area contributed by atoms with E-state index in [2.05, 4.69) is 33.9 Å². The highest BCUT2D eigenvalue weighted by Gasteiger charge is 2.15. The number of H-pyrrole nitrogens is 1. The second-order valence-corrected chi connectivity index (χ2v) is 7.06. The van der Waals surface area contributed by atoms with Crippen molar-refractivity contribution in [3.63, 3.8) is 0 Å². The average molecular weight is 380 g/mol. The number of carboxylic acids is 1. The first-order valence-corrected chi connectivity index (χ1v) is 9.60. The van der Waals surface area contributed by atoms with Crippen molar-refractivity contribution in [2.75, 3.05) is 20.1 Å². The van der Waals surface area contributed by atoms with Crippen molar-refractivity contribution in [1.82, 2.24) is 20.7 Å². The van der Waals surface area contributed by atoms with E-state index < -0.39 is 5.97 Å². The summed E-state index contributed by atoms with van der Waals surface area (Å²) in [6, 6.07) is 18.3. The quantitative estimate of drug-likeness (QED) is 0.304. The Balaban J connectivity index is 1.48. The number of hydrogen-bond acceptors (Lipinski definition) is 4.